The largest absolute Gasteiger partial charge is 0.472 e. The highest BCUT2D eigenvalue weighted by molar-refractivity contribution is 5.93. The Morgan fingerprint density at radius 1 is 1.45 bits per heavy atom. The van der Waals surface area contributed by atoms with Crippen LogP contribution in [0.4, 0.5) is 0 Å². The first-order chi connectivity index (χ1) is 9.83. The van der Waals surface area contributed by atoms with Crippen molar-refractivity contribution < 1.29 is 13.9 Å². The molecule has 0 radical (unpaired) electrons. The van der Waals surface area contributed by atoms with Gasteiger partial charge in [0.1, 0.15) is 18.7 Å². The lowest BCUT2D eigenvalue weighted by molar-refractivity contribution is 0.0527. The molecule has 0 aromatic carbocycles. The second kappa shape index (κ2) is 5.73. The number of nitrogens with zero attached hydrogens (tertiary/aromatic N) is 3. The minimum atomic E-state index is -0.0329. The number of hydrogen-bond donors (Lipinski definition) is 0. The molecule has 0 N–H and O–H groups in total. The standard InChI is InChI=1S/C14H15N3O3/c18-14(11-4-7-19-9-11)17-6-1-2-12(8-17)20-13-3-5-15-10-16-13/h3-5,7,9-10,12H,1-2,6,8H2/t12-/m0/s1. The second-order valence-corrected chi connectivity index (χ2v) is 4.69. The molecule has 3 heterocycles. The highest BCUT2D eigenvalue weighted by Gasteiger charge is 2.26. The van der Waals surface area contributed by atoms with Gasteiger partial charge in [-0.25, -0.2) is 9.97 Å². The first-order valence-corrected chi connectivity index (χ1v) is 6.57. The van der Waals surface area contributed by atoms with Crippen LogP contribution >= 0.6 is 0 Å². The molecule has 1 atom stereocenters. The van der Waals surface area contributed by atoms with Crippen LogP contribution < -0.4 is 4.74 Å². The van der Waals surface area contributed by atoms with Crippen molar-refractivity contribution in [1.29, 1.82) is 0 Å². The van der Waals surface area contributed by atoms with E-state index in [2.05, 4.69) is 9.97 Å². The maximum atomic E-state index is 12.2. The lowest BCUT2D eigenvalue weighted by Crippen LogP contribution is -2.44. The van der Waals surface area contributed by atoms with Gasteiger partial charge in [0.2, 0.25) is 5.88 Å². The van der Waals surface area contributed by atoms with Gasteiger partial charge < -0.3 is 14.1 Å². The smallest absolute Gasteiger partial charge is 0.257 e. The molecule has 0 bridgehead atoms. The number of carbonyl (C=O) groups excluding carboxylic acids is 1. The first kappa shape index (κ1) is 12.7. The third-order valence-electron chi connectivity index (χ3n) is 3.28. The molecule has 0 aliphatic carbocycles. The molecule has 2 aromatic heterocycles. The molecule has 6 heteroatoms. The van der Waals surface area contributed by atoms with Gasteiger partial charge in [-0.2, -0.15) is 0 Å². The summed E-state index contributed by atoms with van der Waals surface area (Å²) in [6, 6.07) is 3.40. The quantitative estimate of drug-likeness (QED) is 0.852. The van der Waals surface area contributed by atoms with E-state index < -0.39 is 0 Å². The fraction of sp³-hybridized carbons (Fsp3) is 0.357. The molecule has 0 spiro atoms. The van der Waals surface area contributed by atoms with Crippen LogP contribution in [-0.2, 0) is 0 Å². The topological polar surface area (TPSA) is 68.5 Å². The van der Waals surface area contributed by atoms with Crippen LogP contribution in [0.3, 0.4) is 0 Å². The molecule has 1 saturated heterocycles. The zero-order chi connectivity index (χ0) is 13.8. The van der Waals surface area contributed by atoms with Crippen molar-refractivity contribution >= 4 is 5.91 Å². The van der Waals surface area contributed by atoms with E-state index in [9.17, 15) is 4.79 Å². The number of hydrogen-bond acceptors (Lipinski definition) is 5. The number of carbonyl (C=O) groups is 1. The molecule has 3 rings (SSSR count). The van der Waals surface area contributed by atoms with Crippen molar-refractivity contribution in [1.82, 2.24) is 14.9 Å². The SMILES string of the molecule is O=C(c1ccoc1)N1CCC[C@H](Oc2ccncn2)C1. The number of piperidine rings is 1. The van der Waals surface area contributed by atoms with Crippen molar-refractivity contribution in [3.05, 3.63) is 42.7 Å². The third kappa shape index (κ3) is 2.79. The molecule has 1 aliphatic rings. The van der Waals surface area contributed by atoms with Gasteiger partial charge in [-0.3, -0.25) is 4.79 Å². The molecular formula is C14H15N3O3. The Morgan fingerprint density at radius 2 is 2.40 bits per heavy atom. The average molecular weight is 273 g/mol. The number of likely N-dealkylation sites (tertiary alicyclic amines) is 1. The number of rotatable bonds is 3. The maximum Gasteiger partial charge on any atom is 0.257 e. The van der Waals surface area contributed by atoms with Crippen molar-refractivity contribution in [2.45, 2.75) is 18.9 Å². The zero-order valence-electron chi connectivity index (χ0n) is 10.9. The molecular weight excluding hydrogens is 258 g/mol. The lowest BCUT2D eigenvalue weighted by Gasteiger charge is -2.32. The van der Waals surface area contributed by atoms with E-state index in [1.165, 1.54) is 18.9 Å². The minimum absolute atomic E-state index is 0.0188. The number of furan rings is 1. The van der Waals surface area contributed by atoms with Crippen molar-refractivity contribution in [3.63, 3.8) is 0 Å². The Balaban J connectivity index is 1.63. The van der Waals surface area contributed by atoms with Crippen LogP contribution in [0.25, 0.3) is 0 Å². The van der Waals surface area contributed by atoms with Gasteiger partial charge in [-0.1, -0.05) is 0 Å². The predicted molar refractivity (Wildman–Crippen MR) is 70.3 cm³/mol. The van der Waals surface area contributed by atoms with Crippen LogP contribution in [-0.4, -0.2) is 40.0 Å². The maximum absolute atomic E-state index is 12.2. The Labute approximate surface area is 116 Å². The summed E-state index contributed by atoms with van der Waals surface area (Å²) in [6.45, 7) is 1.31. The van der Waals surface area contributed by atoms with E-state index in [1.54, 1.807) is 23.2 Å². The van der Waals surface area contributed by atoms with Crippen LogP contribution in [0.2, 0.25) is 0 Å². The van der Waals surface area contributed by atoms with E-state index in [0.717, 1.165) is 19.4 Å². The summed E-state index contributed by atoms with van der Waals surface area (Å²) in [5.41, 5.74) is 0.577. The molecule has 2 aromatic rings. The van der Waals surface area contributed by atoms with Crippen LogP contribution in [0, 0.1) is 0 Å². The summed E-state index contributed by atoms with van der Waals surface area (Å²) in [6.07, 6.45) is 7.86. The fourth-order valence-electron chi connectivity index (χ4n) is 2.31. The summed E-state index contributed by atoms with van der Waals surface area (Å²) in [4.78, 5) is 21.9. The summed E-state index contributed by atoms with van der Waals surface area (Å²) in [5, 5.41) is 0. The molecule has 1 fully saturated rings. The average Bonchev–Trinajstić information content (AvgIpc) is 3.02. The summed E-state index contributed by atoms with van der Waals surface area (Å²) < 4.78 is 10.7. The normalized spacial score (nSPS) is 18.8. The molecule has 1 amide bonds. The van der Waals surface area contributed by atoms with Crippen LogP contribution in [0.5, 0.6) is 5.88 Å². The van der Waals surface area contributed by atoms with Gasteiger partial charge in [-0.05, 0) is 18.9 Å². The summed E-state index contributed by atoms with van der Waals surface area (Å²) in [5.74, 6) is 0.525. The van der Waals surface area contributed by atoms with E-state index in [0.29, 0.717) is 18.0 Å². The molecule has 0 saturated carbocycles. The molecule has 0 unspecified atom stereocenters. The molecule has 104 valence electrons. The van der Waals surface area contributed by atoms with Gasteiger partial charge in [0, 0.05) is 18.8 Å². The Kier molecular flexibility index (Phi) is 3.62. The van der Waals surface area contributed by atoms with Crippen molar-refractivity contribution in [3.8, 4) is 5.88 Å². The van der Waals surface area contributed by atoms with Crippen LogP contribution in [0.15, 0.2) is 41.6 Å². The van der Waals surface area contributed by atoms with Gasteiger partial charge >= 0.3 is 0 Å². The Morgan fingerprint density at radius 3 is 3.15 bits per heavy atom. The highest BCUT2D eigenvalue weighted by Crippen LogP contribution is 2.18. The molecule has 20 heavy (non-hydrogen) atoms. The van der Waals surface area contributed by atoms with Crippen LogP contribution in [0.1, 0.15) is 23.2 Å². The summed E-state index contributed by atoms with van der Waals surface area (Å²) in [7, 11) is 0. The fourth-order valence-corrected chi connectivity index (χ4v) is 2.31. The minimum Gasteiger partial charge on any atom is -0.472 e. The van der Waals surface area contributed by atoms with E-state index in [-0.39, 0.29) is 12.0 Å². The monoisotopic (exact) mass is 273 g/mol. The number of ether oxygens (including phenoxy) is 1. The Bertz CT molecular complexity index is 556. The van der Waals surface area contributed by atoms with Gasteiger partial charge in [0.15, 0.2) is 0 Å². The molecule has 6 nitrogen and oxygen atoms in total. The van der Waals surface area contributed by atoms with Gasteiger partial charge in [-0.15, -0.1) is 0 Å². The van der Waals surface area contributed by atoms with Gasteiger partial charge in [0.05, 0.1) is 18.4 Å². The number of amides is 1. The second-order valence-electron chi connectivity index (χ2n) is 4.69. The van der Waals surface area contributed by atoms with E-state index in [4.69, 9.17) is 9.15 Å². The zero-order valence-corrected chi connectivity index (χ0v) is 10.9. The van der Waals surface area contributed by atoms with Crippen molar-refractivity contribution in [2.24, 2.45) is 0 Å². The van der Waals surface area contributed by atoms with Crippen molar-refractivity contribution in [2.75, 3.05) is 13.1 Å². The Hall–Kier alpha value is -2.37. The van der Waals surface area contributed by atoms with E-state index in [1.807, 2.05) is 0 Å². The lowest BCUT2D eigenvalue weighted by atomic mass is 10.1. The first-order valence-electron chi connectivity index (χ1n) is 6.57. The molecule has 1 aliphatic heterocycles. The highest BCUT2D eigenvalue weighted by atomic mass is 16.5. The third-order valence-corrected chi connectivity index (χ3v) is 3.28. The number of aromatic nitrogens is 2. The predicted octanol–water partition coefficient (Wildman–Crippen LogP) is 1.75. The van der Waals surface area contributed by atoms with Gasteiger partial charge in [0.25, 0.3) is 5.91 Å². The van der Waals surface area contributed by atoms with E-state index >= 15 is 0 Å². The summed E-state index contributed by atoms with van der Waals surface area (Å²) >= 11 is 0.